The van der Waals surface area contributed by atoms with Gasteiger partial charge in [-0.2, -0.15) is 0 Å². The first-order valence-electron chi connectivity index (χ1n) is 8.66. The third-order valence-electron chi connectivity index (χ3n) is 5.57. The average Bonchev–Trinajstić information content (AvgIpc) is 2.92. The fraction of sp³-hybridized carbons (Fsp3) is 0.684. The second kappa shape index (κ2) is 6.39. The molecule has 0 amide bonds. The molecule has 2 heteroatoms. The summed E-state index contributed by atoms with van der Waals surface area (Å²) >= 11 is 0. The summed E-state index contributed by atoms with van der Waals surface area (Å²) in [6, 6.07) is 9.49. The standard InChI is InChI=1S/C19H30N2/c1-21(2)15-16-7-3-4-8-18(16)20-17-9-13-19(14-10-17)11-5-6-12-19/h3-4,7-8,17,20H,5-6,9-15H2,1-2H3. The smallest absolute Gasteiger partial charge is 0.0388 e. The van der Waals surface area contributed by atoms with E-state index in [0.717, 1.165) is 12.0 Å². The third kappa shape index (κ3) is 3.60. The summed E-state index contributed by atoms with van der Waals surface area (Å²) < 4.78 is 0. The first-order chi connectivity index (χ1) is 10.2. The molecule has 0 unspecified atom stereocenters. The normalized spacial score (nSPS) is 22.0. The quantitative estimate of drug-likeness (QED) is 0.865. The van der Waals surface area contributed by atoms with Crippen LogP contribution in [0.5, 0.6) is 0 Å². The summed E-state index contributed by atoms with van der Waals surface area (Å²) in [5.74, 6) is 0. The van der Waals surface area contributed by atoms with Gasteiger partial charge in [0.25, 0.3) is 0 Å². The van der Waals surface area contributed by atoms with Gasteiger partial charge in [0.2, 0.25) is 0 Å². The number of anilines is 1. The van der Waals surface area contributed by atoms with Crippen molar-refractivity contribution >= 4 is 5.69 Å². The number of nitrogens with one attached hydrogen (secondary N) is 1. The van der Waals surface area contributed by atoms with E-state index in [1.54, 1.807) is 0 Å². The zero-order valence-electron chi connectivity index (χ0n) is 13.7. The number of nitrogens with zero attached hydrogens (tertiary/aromatic N) is 1. The Kier molecular flexibility index (Phi) is 4.54. The monoisotopic (exact) mass is 286 g/mol. The van der Waals surface area contributed by atoms with Crippen LogP contribution in [0.15, 0.2) is 24.3 Å². The Morgan fingerprint density at radius 2 is 1.71 bits per heavy atom. The Morgan fingerprint density at radius 1 is 1.05 bits per heavy atom. The molecule has 3 rings (SSSR count). The second-order valence-electron chi connectivity index (χ2n) is 7.52. The SMILES string of the molecule is CN(C)Cc1ccccc1NC1CCC2(CCCC2)CC1. The number of hydrogen-bond acceptors (Lipinski definition) is 2. The van der Waals surface area contributed by atoms with Gasteiger partial charge in [0.05, 0.1) is 0 Å². The highest BCUT2D eigenvalue weighted by Crippen LogP contribution is 2.49. The van der Waals surface area contributed by atoms with Crippen LogP contribution in [-0.4, -0.2) is 25.0 Å². The number of hydrogen-bond donors (Lipinski definition) is 1. The van der Waals surface area contributed by atoms with Crippen molar-refractivity contribution < 1.29 is 0 Å². The second-order valence-corrected chi connectivity index (χ2v) is 7.52. The van der Waals surface area contributed by atoms with E-state index < -0.39 is 0 Å². The summed E-state index contributed by atoms with van der Waals surface area (Å²) in [6.45, 7) is 1.01. The van der Waals surface area contributed by atoms with E-state index in [2.05, 4.69) is 48.6 Å². The van der Waals surface area contributed by atoms with Crippen LogP contribution in [0.25, 0.3) is 0 Å². The van der Waals surface area contributed by atoms with Crippen LogP contribution < -0.4 is 5.32 Å². The van der Waals surface area contributed by atoms with Gasteiger partial charge in [0, 0.05) is 18.3 Å². The highest BCUT2D eigenvalue weighted by molar-refractivity contribution is 5.51. The molecule has 1 aromatic carbocycles. The van der Waals surface area contributed by atoms with Gasteiger partial charge in [-0.15, -0.1) is 0 Å². The molecule has 2 aliphatic carbocycles. The Morgan fingerprint density at radius 3 is 2.38 bits per heavy atom. The van der Waals surface area contributed by atoms with Gasteiger partial charge in [0.15, 0.2) is 0 Å². The van der Waals surface area contributed by atoms with Gasteiger partial charge in [-0.3, -0.25) is 0 Å². The van der Waals surface area contributed by atoms with E-state index in [-0.39, 0.29) is 0 Å². The lowest BCUT2D eigenvalue weighted by molar-refractivity contribution is 0.188. The van der Waals surface area contributed by atoms with Crippen molar-refractivity contribution in [3.05, 3.63) is 29.8 Å². The van der Waals surface area contributed by atoms with E-state index >= 15 is 0 Å². The van der Waals surface area contributed by atoms with Crippen LogP contribution in [0.1, 0.15) is 56.9 Å². The lowest BCUT2D eigenvalue weighted by Gasteiger charge is -2.38. The van der Waals surface area contributed by atoms with E-state index in [9.17, 15) is 0 Å². The topological polar surface area (TPSA) is 15.3 Å². The summed E-state index contributed by atoms with van der Waals surface area (Å²) in [6.07, 6.45) is 11.6. The predicted octanol–water partition coefficient (Wildman–Crippen LogP) is 4.66. The maximum Gasteiger partial charge on any atom is 0.0388 e. The largest absolute Gasteiger partial charge is 0.382 e. The van der Waals surface area contributed by atoms with E-state index in [0.29, 0.717) is 6.04 Å². The van der Waals surface area contributed by atoms with Gasteiger partial charge in [0.1, 0.15) is 0 Å². The molecule has 0 heterocycles. The van der Waals surface area contributed by atoms with Crippen LogP contribution in [0.2, 0.25) is 0 Å². The van der Waals surface area contributed by atoms with Crippen LogP contribution >= 0.6 is 0 Å². The van der Waals surface area contributed by atoms with Crippen molar-refractivity contribution in [1.29, 1.82) is 0 Å². The van der Waals surface area contributed by atoms with Crippen molar-refractivity contribution in [3.63, 3.8) is 0 Å². The molecule has 2 aliphatic rings. The minimum Gasteiger partial charge on any atom is -0.382 e. The highest BCUT2D eigenvalue weighted by atomic mass is 15.1. The van der Waals surface area contributed by atoms with Crippen molar-refractivity contribution in [3.8, 4) is 0 Å². The third-order valence-corrected chi connectivity index (χ3v) is 5.57. The minimum atomic E-state index is 0.680. The summed E-state index contributed by atoms with van der Waals surface area (Å²) in [5, 5.41) is 3.83. The molecule has 0 bridgehead atoms. The molecule has 0 atom stereocenters. The maximum atomic E-state index is 3.83. The Bertz CT molecular complexity index is 450. The lowest BCUT2D eigenvalue weighted by Crippen LogP contribution is -2.32. The number of para-hydroxylation sites is 1. The molecule has 2 saturated carbocycles. The summed E-state index contributed by atoms with van der Waals surface area (Å²) in [4.78, 5) is 2.24. The molecule has 0 saturated heterocycles. The zero-order chi connectivity index (χ0) is 14.7. The van der Waals surface area contributed by atoms with Crippen LogP contribution in [0, 0.1) is 5.41 Å². The maximum absolute atomic E-state index is 3.83. The number of benzene rings is 1. The lowest BCUT2D eigenvalue weighted by atomic mass is 9.71. The fourth-order valence-electron chi connectivity index (χ4n) is 4.36. The molecule has 21 heavy (non-hydrogen) atoms. The van der Waals surface area contributed by atoms with E-state index in [4.69, 9.17) is 0 Å². The molecular weight excluding hydrogens is 256 g/mol. The van der Waals surface area contributed by atoms with Crippen molar-refractivity contribution in [2.75, 3.05) is 19.4 Å². The minimum absolute atomic E-state index is 0.680. The first kappa shape index (κ1) is 14.9. The Hall–Kier alpha value is -1.02. The van der Waals surface area contributed by atoms with Crippen LogP contribution in [0.3, 0.4) is 0 Å². The molecule has 0 aliphatic heterocycles. The van der Waals surface area contributed by atoms with Gasteiger partial charge in [-0.1, -0.05) is 31.0 Å². The van der Waals surface area contributed by atoms with Crippen molar-refractivity contribution in [2.45, 2.75) is 64.0 Å². The predicted molar refractivity (Wildman–Crippen MR) is 90.6 cm³/mol. The molecule has 0 aromatic heterocycles. The van der Waals surface area contributed by atoms with Gasteiger partial charge in [-0.05, 0) is 69.7 Å². The molecule has 2 fully saturated rings. The van der Waals surface area contributed by atoms with Crippen LogP contribution in [-0.2, 0) is 6.54 Å². The summed E-state index contributed by atoms with van der Waals surface area (Å²) in [7, 11) is 4.28. The molecule has 1 aromatic rings. The highest BCUT2D eigenvalue weighted by Gasteiger charge is 2.37. The van der Waals surface area contributed by atoms with Crippen LogP contribution in [0.4, 0.5) is 5.69 Å². The molecule has 2 nitrogen and oxygen atoms in total. The van der Waals surface area contributed by atoms with Gasteiger partial charge in [-0.25, -0.2) is 0 Å². The Labute approximate surface area is 129 Å². The van der Waals surface area contributed by atoms with Crippen molar-refractivity contribution in [2.24, 2.45) is 5.41 Å². The van der Waals surface area contributed by atoms with E-state index in [1.807, 2.05) is 0 Å². The molecule has 1 spiro atoms. The van der Waals surface area contributed by atoms with E-state index in [1.165, 1.54) is 62.6 Å². The van der Waals surface area contributed by atoms with Gasteiger partial charge >= 0.3 is 0 Å². The number of rotatable bonds is 4. The first-order valence-corrected chi connectivity index (χ1v) is 8.66. The molecular formula is C19H30N2. The Balaban J connectivity index is 1.60. The fourth-order valence-corrected chi connectivity index (χ4v) is 4.36. The zero-order valence-corrected chi connectivity index (χ0v) is 13.7. The van der Waals surface area contributed by atoms with Crippen molar-refractivity contribution in [1.82, 2.24) is 4.90 Å². The van der Waals surface area contributed by atoms with Gasteiger partial charge < -0.3 is 10.2 Å². The molecule has 116 valence electrons. The average molecular weight is 286 g/mol. The molecule has 1 N–H and O–H groups in total. The molecule has 0 radical (unpaired) electrons. The summed E-state index contributed by atoms with van der Waals surface area (Å²) in [5.41, 5.74) is 3.50.